The lowest BCUT2D eigenvalue weighted by Gasteiger charge is -2.17. The van der Waals surface area contributed by atoms with Crippen LogP contribution in [-0.2, 0) is 4.79 Å². The molecule has 0 aromatic heterocycles. The Kier molecular flexibility index (Phi) is 5.39. The van der Waals surface area contributed by atoms with Gasteiger partial charge in [0.2, 0.25) is 0 Å². The van der Waals surface area contributed by atoms with Crippen LogP contribution >= 0.6 is 47.2 Å². The molecule has 3 nitrogen and oxygen atoms in total. The summed E-state index contributed by atoms with van der Waals surface area (Å²) < 4.78 is 0.499. The molecule has 0 unspecified atom stereocenters. The number of halogens is 2. The maximum Gasteiger partial charge on any atom is 0.270 e. The fourth-order valence-electron chi connectivity index (χ4n) is 2.35. The quantitative estimate of drug-likeness (QED) is 0.496. The summed E-state index contributed by atoms with van der Waals surface area (Å²) in [6, 6.07) is 12.8. The molecule has 1 amide bonds. The molecule has 1 aliphatic rings. The van der Waals surface area contributed by atoms with Gasteiger partial charge in [0.05, 0.1) is 10.6 Å². The zero-order valence-corrected chi connectivity index (χ0v) is 16.6. The Morgan fingerprint density at radius 3 is 2.40 bits per heavy atom. The van der Waals surface area contributed by atoms with Gasteiger partial charge in [-0.15, -0.1) is 0 Å². The number of anilines is 2. The molecule has 1 saturated heterocycles. The van der Waals surface area contributed by atoms with Crippen molar-refractivity contribution < 1.29 is 4.79 Å². The van der Waals surface area contributed by atoms with Crippen LogP contribution < -0.4 is 9.80 Å². The van der Waals surface area contributed by atoms with E-state index in [0.717, 1.165) is 16.9 Å². The van der Waals surface area contributed by atoms with E-state index in [4.69, 9.17) is 35.4 Å². The summed E-state index contributed by atoms with van der Waals surface area (Å²) in [5.41, 5.74) is 2.53. The highest BCUT2D eigenvalue weighted by Crippen LogP contribution is 2.37. The van der Waals surface area contributed by atoms with Gasteiger partial charge in [0.25, 0.3) is 5.91 Å². The maximum absolute atomic E-state index is 12.8. The standard InChI is InChI=1S/C18H14Cl2N2OS2/c1-21(2)13-5-7-14(8-6-13)22-17(23)16(25-18(22)24)9-11-3-4-12(19)10-15(11)20/h3-10H,1-2H3/b16-9-. The van der Waals surface area contributed by atoms with Gasteiger partial charge in [-0.25, -0.2) is 0 Å². The van der Waals surface area contributed by atoms with Crippen LogP contribution in [0.4, 0.5) is 11.4 Å². The summed E-state index contributed by atoms with van der Waals surface area (Å²) in [4.78, 5) is 16.9. The monoisotopic (exact) mass is 408 g/mol. The number of amides is 1. The lowest BCUT2D eigenvalue weighted by Crippen LogP contribution is -2.27. The highest BCUT2D eigenvalue weighted by molar-refractivity contribution is 8.27. The molecule has 0 saturated carbocycles. The molecule has 25 heavy (non-hydrogen) atoms. The molecule has 1 aliphatic heterocycles. The van der Waals surface area contributed by atoms with E-state index in [2.05, 4.69) is 0 Å². The van der Waals surface area contributed by atoms with E-state index in [-0.39, 0.29) is 5.91 Å². The van der Waals surface area contributed by atoms with Crippen LogP contribution in [-0.4, -0.2) is 24.3 Å². The summed E-state index contributed by atoms with van der Waals surface area (Å²) in [5.74, 6) is -0.154. The van der Waals surface area contributed by atoms with Crippen LogP contribution in [0.2, 0.25) is 10.0 Å². The fraction of sp³-hybridized carbons (Fsp3) is 0.111. The number of carbonyl (C=O) groups is 1. The summed E-state index contributed by atoms with van der Waals surface area (Å²) in [6.45, 7) is 0. The number of hydrogen-bond donors (Lipinski definition) is 0. The summed E-state index contributed by atoms with van der Waals surface area (Å²) in [6.07, 6.45) is 1.74. The van der Waals surface area contributed by atoms with Gasteiger partial charge in [-0.3, -0.25) is 9.69 Å². The first-order valence-corrected chi connectivity index (χ1v) is 9.35. The van der Waals surface area contributed by atoms with Gasteiger partial charge in [0, 0.05) is 29.8 Å². The van der Waals surface area contributed by atoms with Crippen LogP contribution in [0.3, 0.4) is 0 Å². The molecule has 2 aromatic rings. The molecule has 1 fully saturated rings. The second-order valence-corrected chi connectivity index (χ2v) is 8.11. The zero-order chi connectivity index (χ0) is 18.1. The van der Waals surface area contributed by atoms with Crippen molar-refractivity contribution in [3.63, 3.8) is 0 Å². The average molecular weight is 409 g/mol. The van der Waals surface area contributed by atoms with Crippen molar-refractivity contribution in [2.75, 3.05) is 23.9 Å². The van der Waals surface area contributed by atoms with E-state index >= 15 is 0 Å². The Bertz CT molecular complexity index is 879. The minimum Gasteiger partial charge on any atom is -0.378 e. The first-order chi connectivity index (χ1) is 11.9. The van der Waals surface area contributed by atoms with Crippen molar-refractivity contribution >= 4 is 74.9 Å². The minimum absolute atomic E-state index is 0.154. The largest absolute Gasteiger partial charge is 0.378 e. The molecular weight excluding hydrogens is 395 g/mol. The van der Waals surface area contributed by atoms with E-state index in [1.807, 2.05) is 43.3 Å². The smallest absolute Gasteiger partial charge is 0.270 e. The second kappa shape index (κ2) is 7.38. The number of thioether (sulfide) groups is 1. The molecule has 3 rings (SSSR count). The Labute approximate surface area is 166 Å². The molecule has 0 spiro atoms. The number of benzene rings is 2. The molecule has 0 radical (unpaired) electrons. The molecule has 1 heterocycles. The van der Waals surface area contributed by atoms with Crippen molar-refractivity contribution in [2.45, 2.75) is 0 Å². The number of rotatable bonds is 3. The van der Waals surface area contributed by atoms with Gasteiger partial charge in [0.15, 0.2) is 4.32 Å². The third-order valence-electron chi connectivity index (χ3n) is 3.67. The van der Waals surface area contributed by atoms with Gasteiger partial charge < -0.3 is 4.90 Å². The van der Waals surface area contributed by atoms with E-state index < -0.39 is 0 Å². The summed E-state index contributed by atoms with van der Waals surface area (Å²) in [5, 5.41) is 1.05. The third kappa shape index (κ3) is 3.85. The number of thiocarbonyl (C=S) groups is 1. The van der Waals surface area contributed by atoms with Crippen LogP contribution in [0.25, 0.3) is 6.08 Å². The normalized spacial score (nSPS) is 16.0. The van der Waals surface area contributed by atoms with Gasteiger partial charge in [-0.2, -0.15) is 0 Å². The Hall–Kier alpha value is -1.53. The number of nitrogens with zero attached hydrogens (tertiary/aromatic N) is 2. The highest BCUT2D eigenvalue weighted by Gasteiger charge is 2.33. The van der Waals surface area contributed by atoms with Crippen LogP contribution in [0, 0.1) is 0 Å². The Morgan fingerprint density at radius 2 is 1.80 bits per heavy atom. The topological polar surface area (TPSA) is 23.6 Å². The van der Waals surface area contributed by atoms with E-state index in [9.17, 15) is 4.79 Å². The predicted octanol–water partition coefficient (Wildman–Crippen LogP) is 5.47. The lowest BCUT2D eigenvalue weighted by molar-refractivity contribution is -0.113. The molecule has 7 heteroatoms. The molecule has 128 valence electrons. The van der Waals surface area contributed by atoms with Crippen molar-refractivity contribution in [3.05, 3.63) is 63.0 Å². The minimum atomic E-state index is -0.154. The van der Waals surface area contributed by atoms with Crippen LogP contribution in [0.1, 0.15) is 5.56 Å². The van der Waals surface area contributed by atoms with Crippen molar-refractivity contribution in [1.29, 1.82) is 0 Å². The fourth-order valence-corrected chi connectivity index (χ4v) is 4.10. The molecule has 2 aromatic carbocycles. The van der Waals surface area contributed by atoms with Crippen molar-refractivity contribution in [2.24, 2.45) is 0 Å². The van der Waals surface area contributed by atoms with E-state index in [1.54, 1.807) is 24.3 Å². The van der Waals surface area contributed by atoms with Crippen molar-refractivity contribution in [1.82, 2.24) is 0 Å². The van der Waals surface area contributed by atoms with Crippen molar-refractivity contribution in [3.8, 4) is 0 Å². The number of hydrogen-bond acceptors (Lipinski definition) is 4. The molecular formula is C18H14Cl2N2OS2. The lowest BCUT2D eigenvalue weighted by atomic mass is 10.2. The number of carbonyl (C=O) groups excluding carboxylic acids is 1. The van der Waals surface area contributed by atoms with Gasteiger partial charge in [-0.05, 0) is 48.0 Å². The summed E-state index contributed by atoms with van der Waals surface area (Å²) in [7, 11) is 3.93. The van der Waals surface area contributed by atoms with Gasteiger partial charge in [0.1, 0.15) is 0 Å². The first-order valence-electron chi connectivity index (χ1n) is 7.37. The molecule has 0 atom stereocenters. The Balaban J connectivity index is 1.90. The predicted molar refractivity (Wildman–Crippen MR) is 113 cm³/mol. The maximum atomic E-state index is 12.8. The van der Waals surface area contributed by atoms with Gasteiger partial charge >= 0.3 is 0 Å². The molecule has 0 bridgehead atoms. The van der Waals surface area contributed by atoms with Crippen LogP contribution in [0.5, 0.6) is 0 Å². The second-order valence-electron chi connectivity index (χ2n) is 5.59. The average Bonchev–Trinajstić information content (AvgIpc) is 2.84. The van der Waals surface area contributed by atoms with Crippen LogP contribution in [0.15, 0.2) is 47.4 Å². The zero-order valence-electron chi connectivity index (χ0n) is 13.5. The molecule has 0 N–H and O–H groups in total. The van der Waals surface area contributed by atoms with Gasteiger partial charge in [-0.1, -0.05) is 53.2 Å². The summed E-state index contributed by atoms with van der Waals surface area (Å²) >= 11 is 18.8. The van der Waals surface area contributed by atoms with E-state index in [0.29, 0.717) is 19.3 Å². The SMILES string of the molecule is CN(C)c1ccc(N2C(=O)/C(=C/c3ccc(Cl)cc3Cl)SC2=S)cc1. The molecule has 0 aliphatic carbocycles. The Morgan fingerprint density at radius 1 is 1.12 bits per heavy atom. The third-order valence-corrected chi connectivity index (χ3v) is 5.53. The first kappa shape index (κ1) is 18.3. The van der Waals surface area contributed by atoms with E-state index in [1.165, 1.54) is 16.7 Å². The highest BCUT2D eigenvalue weighted by atomic mass is 35.5.